The highest BCUT2D eigenvalue weighted by atomic mass is 16.6. The lowest BCUT2D eigenvalue weighted by Gasteiger charge is -2.34. The number of hydrogen-bond acceptors (Lipinski definition) is 4. The van der Waals surface area contributed by atoms with E-state index >= 15 is 0 Å². The van der Waals surface area contributed by atoms with Crippen molar-refractivity contribution < 1.29 is 14.3 Å². The number of aromatic nitrogens is 1. The third-order valence-electron chi connectivity index (χ3n) is 4.56. The Labute approximate surface area is 146 Å². The molecule has 0 N–H and O–H groups in total. The van der Waals surface area contributed by atoms with E-state index in [9.17, 15) is 4.79 Å². The third-order valence-corrected chi connectivity index (χ3v) is 4.56. The van der Waals surface area contributed by atoms with Crippen LogP contribution in [0.2, 0.25) is 0 Å². The largest absolute Gasteiger partial charge is 0.459 e. The van der Waals surface area contributed by atoms with Crippen molar-refractivity contribution in [3.05, 3.63) is 78.1 Å². The highest BCUT2D eigenvalue weighted by molar-refractivity contribution is 6.04. The van der Waals surface area contributed by atoms with Crippen molar-refractivity contribution in [1.82, 2.24) is 4.98 Å². The molecule has 1 aliphatic carbocycles. The second kappa shape index (κ2) is 7.03. The quantitative estimate of drug-likeness (QED) is 0.659. The van der Waals surface area contributed by atoms with E-state index in [1.54, 1.807) is 18.5 Å². The zero-order chi connectivity index (χ0) is 17.1. The van der Waals surface area contributed by atoms with Gasteiger partial charge in [0.1, 0.15) is 6.10 Å². The van der Waals surface area contributed by atoms with Crippen molar-refractivity contribution in [2.75, 3.05) is 0 Å². The SMILES string of the molecule is O=C(OC1CC(OCc2ccccc2)C1)c1cccc2ccncc12. The lowest BCUT2D eigenvalue weighted by molar-refractivity contribution is -0.0862. The number of esters is 1. The van der Waals surface area contributed by atoms with E-state index in [1.165, 1.54) is 0 Å². The third kappa shape index (κ3) is 3.54. The molecule has 25 heavy (non-hydrogen) atoms. The van der Waals surface area contributed by atoms with Crippen LogP contribution in [0.25, 0.3) is 10.8 Å². The van der Waals surface area contributed by atoms with E-state index in [2.05, 4.69) is 4.98 Å². The second-order valence-electron chi connectivity index (χ2n) is 6.32. The van der Waals surface area contributed by atoms with Crippen LogP contribution < -0.4 is 0 Å². The zero-order valence-corrected chi connectivity index (χ0v) is 13.8. The summed E-state index contributed by atoms with van der Waals surface area (Å²) in [4.78, 5) is 16.6. The second-order valence-corrected chi connectivity index (χ2v) is 6.32. The first-order valence-corrected chi connectivity index (χ1v) is 8.49. The Balaban J connectivity index is 1.31. The number of rotatable bonds is 5. The molecule has 4 heteroatoms. The molecule has 1 fully saturated rings. The van der Waals surface area contributed by atoms with Crippen LogP contribution in [0.15, 0.2) is 67.0 Å². The standard InChI is InChI=1S/C21H19NO3/c23-21(19-8-4-7-16-9-10-22-13-20(16)19)25-18-11-17(12-18)24-14-15-5-2-1-3-6-15/h1-10,13,17-18H,11-12,14H2. The molecule has 1 saturated carbocycles. The Hall–Kier alpha value is -2.72. The summed E-state index contributed by atoms with van der Waals surface area (Å²) < 4.78 is 11.5. The topological polar surface area (TPSA) is 48.4 Å². The summed E-state index contributed by atoms with van der Waals surface area (Å²) >= 11 is 0. The molecule has 4 nitrogen and oxygen atoms in total. The molecule has 1 heterocycles. The van der Waals surface area contributed by atoms with E-state index < -0.39 is 0 Å². The summed E-state index contributed by atoms with van der Waals surface area (Å²) in [7, 11) is 0. The molecule has 0 radical (unpaired) electrons. The molecule has 1 aliphatic rings. The summed E-state index contributed by atoms with van der Waals surface area (Å²) in [5, 5.41) is 1.81. The number of fused-ring (bicyclic) bond motifs is 1. The van der Waals surface area contributed by atoms with Crippen LogP contribution in [0.3, 0.4) is 0 Å². The van der Waals surface area contributed by atoms with Gasteiger partial charge in [0, 0.05) is 30.6 Å². The summed E-state index contributed by atoms with van der Waals surface area (Å²) in [5.74, 6) is -0.287. The van der Waals surface area contributed by atoms with Crippen LogP contribution in [0, 0.1) is 0 Å². The van der Waals surface area contributed by atoms with Gasteiger partial charge in [-0.1, -0.05) is 42.5 Å². The minimum absolute atomic E-state index is 0.0693. The van der Waals surface area contributed by atoms with Crippen LogP contribution in [-0.2, 0) is 16.1 Å². The Bertz CT molecular complexity index is 867. The highest BCUT2D eigenvalue weighted by Gasteiger charge is 2.33. The first-order valence-electron chi connectivity index (χ1n) is 8.49. The molecule has 0 aliphatic heterocycles. The van der Waals surface area contributed by atoms with Crippen molar-refractivity contribution in [2.24, 2.45) is 0 Å². The van der Waals surface area contributed by atoms with Gasteiger partial charge in [0.2, 0.25) is 0 Å². The van der Waals surface area contributed by atoms with Gasteiger partial charge in [-0.2, -0.15) is 0 Å². The Morgan fingerprint density at radius 3 is 2.68 bits per heavy atom. The predicted molar refractivity (Wildman–Crippen MR) is 95.2 cm³/mol. The molecule has 126 valence electrons. The van der Waals surface area contributed by atoms with Crippen LogP contribution in [0.4, 0.5) is 0 Å². The molecule has 2 aromatic carbocycles. The number of carbonyl (C=O) groups excluding carboxylic acids is 1. The minimum atomic E-state index is -0.287. The molecule has 0 atom stereocenters. The fourth-order valence-corrected chi connectivity index (χ4v) is 3.04. The predicted octanol–water partition coefficient (Wildman–Crippen LogP) is 4.14. The van der Waals surface area contributed by atoms with E-state index in [4.69, 9.17) is 9.47 Å². The number of nitrogens with zero attached hydrogens (tertiary/aromatic N) is 1. The number of pyridine rings is 1. The molecule has 0 bridgehead atoms. The summed E-state index contributed by atoms with van der Waals surface area (Å²) in [6.07, 6.45) is 5.02. The van der Waals surface area contributed by atoms with Crippen LogP contribution in [0.5, 0.6) is 0 Å². The van der Waals surface area contributed by atoms with Crippen LogP contribution in [0.1, 0.15) is 28.8 Å². The average Bonchev–Trinajstić information content (AvgIpc) is 2.63. The van der Waals surface area contributed by atoms with Crippen molar-refractivity contribution >= 4 is 16.7 Å². The lowest BCUT2D eigenvalue weighted by Crippen LogP contribution is -2.38. The smallest absolute Gasteiger partial charge is 0.339 e. The van der Waals surface area contributed by atoms with E-state index in [-0.39, 0.29) is 18.2 Å². The van der Waals surface area contributed by atoms with Gasteiger partial charge in [0.25, 0.3) is 0 Å². The number of benzene rings is 2. The summed E-state index contributed by atoms with van der Waals surface area (Å²) in [6.45, 7) is 0.598. The first-order chi connectivity index (χ1) is 12.3. The molecule has 0 saturated heterocycles. The molecule has 4 rings (SSSR count). The number of carbonyl (C=O) groups is 1. The van der Waals surface area contributed by atoms with Crippen molar-refractivity contribution in [3.63, 3.8) is 0 Å². The number of hydrogen-bond donors (Lipinski definition) is 0. The van der Waals surface area contributed by atoms with Crippen molar-refractivity contribution in [3.8, 4) is 0 Å². The van der Waals surface area contributed by atoms with Gasteiger partial charge in [0.15, 0.2) is 0 Å². The number of ether oxygens (including phenoxy) is 2. The molecule has 3 aromatic rings. The molecule has 0 unspecified atom stereocenters. The van der Waals surface area contributed by atoms with Gasteiger partial charge in [0.05, 0.1) is 18.3 Å². The Morgan fingerprint density at radius 2 is 1.84 bits per heavy atom. The molecule has 0 amide bonds. The van der Waals surface area contributed by atoms with Gasteiger partial charge >= 0.3 is 5.97 Å². The van der Waals surface area contributed by atoms with E-state index in [0.29, 0.717) is 12.2 Å². The Morgan fingerprint density at radius 1 is 1.00 bits per heavy atom. The van der Waals surface area contributed by atoms with Gasteiger partial charge in [-0.15, -0.1) is 0 Å². The van der Waals surface area contributed by atoms with Gasteiger partial charge < -0.3 is 9.47 Å². The maximum atomic E-state index is 12.5. The highest BCUT2D eigenvalue weighted by Crippen LogP contribution is 2.29. The van der Waals surface area contributed by atoms with Crippen molar-refractivity contribution in [2.45, 2.75) is 31.7 Å². The maximum Gasteiger partial charge on any atom is 0.339 e. The molecular weight excluding hydrogens is 314 g/mol. The monoisotopic (exact) mass is 333 g/mol. The van der Waals surface area contributed by atoms with Crippen LogP contribution >= 0.6 is 0 Å². The maximum absolute atomic E-state index is 12.5. The fourth-order valence-electron chi connectivity index (χ4n) is 3.04. The van der Waals surface area contributed by atoms with Gasteiger partial charge in [-0.05, 0) is 23.1 Å². The van der Waals surface area contributed by atoms with Gasteiger partial charge in [-0.25, -0.2) is 4.79 Å². The average molecular weight is 333 g/mol. The summed E-state index contributed by atoms with van der Waals surface area (Å²) in [6, 6.07) is 17.6. The normalized spacial score (nSPS) is 19.4. The first kappa shape index (κ1) is 15.8. The molecular formula is C21H19NO3. The fraction of sp³-hybridized carbons (Fsp3) is 0.238. The lowest BCUT2D eigenvalue weighted by atomic mass is 9.91. The van der Waals surface area contributed by atoms with Gasteiger partial charge in [-0.3, -0.25) is 4.98 Å². The summed E-state index contributed by atoms with van der Waals surface area (Å²) in [5.41, 5.74) is 1.73. The van der Waals surface area contributed by atoms with E-state index in [0.717, 1.165) is 29.2 Å². The molecule has 0 spiro atoms. The Kier molecular flexibility index (Phi) is 4.44. The zero-order valence-electron chi connectivity index (χ0n) is 13.8. The van der Waals surface area contributed by atoms with Crippen molar-refractivity contribution in [1.29, 1.82) is 0 Å². The molecule has 1 aromatic heterocycles. The van der Waals surface area contributed by atoms with Crippen LogP contribution in [-0.4, -0.2) is 23.2 Å². The van der Waals surface area contributed by atoms with E-state index in [1.807, 2.05) is 48.5 Å². The minimum Gasteiger partial charge on any atom is -0.459 e.